The van der Waals surface area contributed by atoms with E-state index in [0.29, 0.717) is 18.9 Å². The van der Waals surface area contributed by atoms with Gasteiger partial charge in [0.05, 0.1) is 6.54 Å². The fourth-order valence-electron chi connectivity index (χ4n) is 2.49. The van der Waals surface area contributed by atoms with Crippen LogP contribution in [-0.2, 0) is 11.3 Å². The van der Waals surface area contributed by atoms with Crippen molar-refractivity contribution in [3.63, 3.8) is 0 Å². The zero-order chi connectivity index (χ0) is 15.3. The van der Waals surface area contributed by atoms with Crippen LogP contribution in [0.3, 0.4) is 0 Å². The van der Waals surface area contributed by atoms with Crippen molar-refractivity contribution in [1.29, 1.82) is 0 Å². The number of hydrogen-bond donors (Lipinski definition) is 1. The first-order chi connectivity index (χ1) is 10.1. The van der Waals surface area contributed by atoms with E-state index in [1.807, 2.05) is 37.3 Å². The number of aliphatic imine (C=N–C) groups is 1. The first-order valence-corrected chi connectivity index (χ1v) is 7.43. The van der Waals surface area contributed by atoms with E-state index in [-0.39, 0.29) is 5.91 Å². The van der Waals surface area contributed by atoms with Crippen LogP contribution in [0.1, 0.15) is 38.7 Å². The smallest absolute Gasteiger partial charge is 0.257 e. The van der Waals surface area contributed by atoms with Crippen LogP contribution >= 0.6 is 0 Å². The Morgan fingerprint density at radius 2 is 2.00 bits per heavy atom. The molecular weight excluding hydrogens is 262 g/mol. The summed E-state index contributed by atoms with van der Waals surface area (Å²) in [4.78, 5) is 18.6. The fourth-order valence-corrected chi connectivity index (χ4v) is 2.49. The number of nitrogens with zero attached hydrogens (tertiary/aromatic N) is 2. The second-order valence-corrected chi connectivity index (χ2v) is 5.54. The van der Waals surface area contributed by atoms with Crippen molar-refractivity contribution in [2.45, 2.75) is 45.2 Å². The molecular formula is C17H23N3O. The standard InChI is InChI=1S/C17H23N3O/c1-3-4-5-9-12-17(2)15(21)20(16(18)19-17)13-14-10-7-6-8-11-14/h4-8,10-11H,3,9,12-13H2,1-2H3,(H2,18,19)/b5-4-. The summed E-state index contributed by atoms with van der Waals surface area (Å²) in [6.45, 7) is 4.44. The average Bonchev–Trinajstić information content (AvgIpc) is 2.69. The molecule has 2 rings (SSSR count). The molecule has 21 heavy (non-hydrogen) atoms. The lowest BCUT2D eigenvalue weighted by molar-refractivity contribution is -0.131. The highest BCUT2D eigenvalue weighted by atomic mass is 16.2. The molecule has 0 spiro atoms. The van der Waals surface area contributed by atoms with Crippen LogP contribution in [0.2, 0.25) is 0 Å². The molecule has 4 nitrogen and oxygen atoms in total. The monoisotopic (exact) mass is 285 g/mol. The van der Waals surface area contributed by atoms with Crippen molar-refractivity contribution in [1.82, 2.24) is 4.90 Å². The van der Waals surface area contributed by atoms with Gasteiger partial charge in [0.1, 0.15) is 5.54 Å². The highest BCUT2D eigenvalue weighted by Crippen LogP contribution is 2.27. The summed E-state index contributed by atoms with van der Waals surface area (Å²) in [5, 5.41) is 0. The molecule has 0 aliphatic carbocycles. The van der Waals surface area contributed by atoms with Gasteiger partial charge in [0.15, 0.2) is 5.96 Å². The van der Waals surface area contributed by atoms with Gasteiger partial charge in [-0.25, -0.2) is 4.99 Å². The molecule has 2 N–H and O–H groups in total. The van der Waals surface area contributed by atoms with Crippen LogP contribution in [0, 0.1) is 0 Å². The Morgan fingerprint density at radius 1 is 1.29 bits per heavy atom. The molecule has 1 heterocycles. The fraction of sp³-hybridized carbons (Fsp3) is 0.412. The van der Waals surface area contributed by atoms with Crippen LogP contribution in [0.15, 0.2) is 47.5 Å². The van der Waals surface area contributed by atoms with Gasteiger partial charge >= 0.3 is 0 Å². The number of amides is 1. The number of rotatable bonds is 6. The number of nitrogens with two attached hydrogens (primary N) is 1. The van der Waals surface area contributed by atoms with Crippen molar-refractivity contribution in [2.75, 3.05) is 0 Å². The second-order valence-electron chi connectivity index (χ2n) is 5.54. The third-order valence-corrected chi connectivity index (χ3v) is 3.73. The zero-order valence-electron chi connectivity index (χ0n) is 12.7. The van der Waals surface area contributed by atoms with Crippen molar-refractivity contribution >= 4 is 11.9 Å². The Kier molecular flexibility index (Phi) is 4.78. The van der Waals surface area contributed by atoms with Crippen LogP contribution in [0.25, 0.3) is 0 Å². The van der Waals surface area contributed by atoms with E-state index in [2.05, 4.69) is 24.1 Å². The summed E-state index contributed by atoms with van der Waals surface area (Å²) >= 11 is 0. The lowest BCUT2D eigenvalue weighted by atomic mass is 9.95. The summed E-state index contributed by atoms with van der Waals surface area (Å²) in [7, 11) is 0. The third kappa shape index (κ3) is 3.51. The number of carbonyl (C=O) groups is 1. The molecule has 4 heteroatoms. The maximum atomic E-state index is 12.6. The Labute approximate surface area is 126 Å². The van der Waals surface area contributed by atoms with Gasteiger partial charge < -0.3 is 5.73 Å². The molecule has 1 atom stereocenters. The molecule has 1 unspecified atom stereocenters. The van der Waals surface area contributed by atoms with E-state index in [9.17, 15) is 4.79 Å². The van der Waals surface area contributed by atoms with Crippen molar-refractivity contribution in [3.8, 4) is 0 Å². The number of carbonyl (C=O) groups excluding carboxylic acids is 1. The Bertz CT molecular complexity index is 550. The van der Waals surface area contributed by atoms with Gasteiger partial charge in [-0.05, 0) is 31.7 Å². The Hall–Kier alpha value is -2.10. The molecule has 0 saturated carbocycles. The van der Waals surface area contributed by atoms with E-state index < -0.39 is 5.54 Å². The lowest BCUT2D eigenvalue weighted by Crippen LogP contribution is -2.42. The SMILES string of the molecule is CC/C=C\CCC1(C)N=C(N)N(Cc2ccccc2)C1=O. The van der Waals surface area contributed by atoms with E-state index in [0.717, 1.165) is 18.4 Å². The summed E-state index contributed by atoms with van der Waals surface area (Å²) in [5.41, 5.74) is 6.29. The van der Waals surface area contributed by atoms with Gasteiger partial charge in [0.25, 0.3) is 5.91 Å². The summed E-state index contributed by atoms with van der Waals surface area (Å²) in [6, 6.07) is 9.84. The van der Waals surface area contributed by atoms with Gasteiger partial charge in [-0.2, -0.15) is 0 Å². The predicted octanol–water partition coefficient (Wildman–Crippen LogP) is 2.85. The van der Waals surface area contributed by atoms with Crippen LogP contribution in [0.4, 0.5) is 0 Å². The number of guanidine groups is 1. The van der Waals surface area contributed by atoms with Gasteiger partial charge in [0, 0.05) is 0 Å². The molecule has 112 valence electrons. The molecule has 0 radical (unpaired) electrons. The largest absolute Gasteiger partial charge is 0.369 e. The zero-order valence-corrected chi connectivity index (χ0v) is 12.7. The molecule has 0 saturated heterocycles. The quantitative estimate of drug-likeness (QED) is 0.817. The topological polar surface area (TPSA) is 58.7 Å². The maximum absolute atomic E-state index is 12.6. The van der Waals surface area contributed by atoms with Gasteiger partial charge in [0.2, 0.25) is 0 Å². The molecule has 1 amide bonds. The lowest BCUT2D eigenvalue weighted by Gasteiger charge is -2.21. The summed E-state index contributed by atoms with van der Waals surface area (Å²) in [6.07, 6.45) is 6.75. The molecule has 0 bridgehead atoms. The molecule has 1 aliphatic heterocycles. The highest BCUT2D eigenvalue weighted by Gasteiger charge is 2.43. The van der Waals surface area contributed by atoms with E-state index in [4.69, 9.17) is 5.73 Å². The van der Waals surface area contributed by atoms with Crippen LogP contribution < -0.4 is 5.73 Å². The van der Waals surface area contributed by atoms with Crippen molar-refractivity contribution in [3.05, 3.63) is 48.0 Å². The third-order valence-electron chi connectivity index (χ3n) is 3.73. The normalized spacial score (nSPS) is 22.1. The molecule has 1 aliphatic rings. The molecule has 0 aromatic heterocycles. The van der Waals surface area contributed by atoms with E-state index in [1.54, 1.807) is 4.90 Å². The molecule has 0 fully saturated rings. The number of allylic oxidation sites excluding steroid dienone is 2. The first kappa shape index (κ1) is 15.3. The molecule has 1 aromatic carbocycles. The van der Waals surface area contributed by atoms with Crippen LogP contribution in [0.5, 0.6) is 0 Å². The minimum atomic E-state index is -0.725. The maximum Gasteiger partial charge on any atom is 0.257 e. The minimum absolute atomic E-state index is 0.00579. The van der Waals surface area contributed by atoms with E-state index in [1.165, 1.54) is 0 Å². The van der Waals surface area contributed by atoms with Crippen LogP contribution in [-0.4, -0.2) is 22.3 Å². The predicted molar refractivity (Wildman–Crippen MR) is 85.7 cm³/mol. The van der Waals surface area contributed by atoms with Gasteiger partial charge in [-0.1, -0.05) is 49.4 Å². The highest BCUT2D eigenvalue weighted by molar-refractivity contribution is 6.06. The number of benzene rings is 1. The van der Waals surface area contributed by atoms with Crippen molar-refractivity contribution in [2.24, 2.45) is 10.7 Å². The first-order valence-electron chi connectivity index (χ1n) is 7.43. The average molecular weight is 285 g/mol. The van der Waals surface area contributed by atoms with Gasteiger partial charge in [-0.15, -0.1) is 0 Å². The van der Waals surface area contributed by atoms with Gasteiger partial charge in [-0.3, -0.25) is 9.69 Å². The Morgan fingerprint density at radius 3 is 2.67 bits per heavy atom. The summed E-state index contributed by atoms with van der Waals surface area (Å²) in [5.74, 6) is 0.319. The summed E-state index contributed by atoms with van der Waals surface area (Å²) < 4.78 is 0. The molecule has 1 aromatic rings. The number of hydrogen-bond acceptors (Lipinski definition) is 3. The van der Waals surface area contributed by atoms with Crippen molar-refractivity contribution < 1.29 is 4.79 Å². The Balaban J connectivity index is 2.05. The second kappa shape index (κ2) is 6.57. The minimum Gasteiger partial charge on any atom is -0.369 e. The van der Waals surface area contributed by atoms with E-state index >= 15 is 0 Å².